The number of carboxylic acids is 1. The molecular formula is C15H25NO3S. The van der Waals surface area contributed by atoms with E-state index in [1.807, 2.05) is 4.90 Å². The molecule has 0 radical (unpaired) electrons. The molecule has 1 aliphatic carbocycles. The van der Waals surface area contributed by atoms with E-state index in [-0.39, 0.29) is 29.7 Å². The Morgan fingerprint density at radius 1 is 1.40 bits per heavy atom. The maximum absolute atomic E-state index is 12.8. The summed E-state index contributed by atoms with van der Waals surface area (Å²) in [5.41, 5.74) is 0.241. The Labute approximate surface area is 125 Å². The van der Waals surface area contributed by atoms with Crippen molar-refractivity contribution in [3.8, 4) is 0 Å². The Balaban J connectivity index is 2.03. The van der Waals surface area contributed by atoms with Crippen molar-refractivity contribution >= 4 is 23.6 Å². The van der Waals surface area contributed by atoms with Crippen molar-refractivity contribution in [3.63, 3.8) is 0 Å². The zero-order chi connectivity index (χ0) is 14.8. The quantitative estimate of drug-likeness (QED) is 0.870. The molecule has 4 nitrogen and oxygen atoms in total. The van der Waals surface area contributed by atoms with Crippen molar-refractivity contribution in [2.45, 2.75) is 52.0 Å². The molecule has 0 aromatic carbocycles. The summed E-state index contributed by atoms with van der Waals surface area (Å²) in [6, 6.07) is -0.121. The second-order valence-corrected chi connectivity index (χ2v) is 7.97. The van der Waals surface area contributed by atoms with Crippen LogP contribution >= 0.6 is 11.8 Å². The van der Waals surface area contributed by atoms with Crippen LogP contribution in [0.3, 0.4) is 0 Å². The van der Waals surface area contributed by atoms with Crippen LogP contribution in [0.4, 0.5) is 0 Å². The second-order valence-electron chi connectivity index (χ2n) is 6.82. The first kappa shape index (κ1) is 15.7. The molecule has 2 atom stereocenters. The minimum absolute atomic E-state index is 0.0782. The van der Waals surface area contributed by atoms with Gasteiger partial charge in [-0.05, 0) is 24.7 Å². The minimum Gasteiger partial charge on any atom is -0.481 e. The van der Waals surface area contributed by atoms with E-state index in [0.29, 0.717) is 6.54 Å². The fraction of sp³-hybridized carbons (Fsp3) is 0.867. The van der Waals surface area contributed by atoms with Gasteiger partial charge in [-0.3, -0.25) is 9.59 Å². The first-order valence-electron chi connectivity index (χ1n) is 7.49. The molecule has 1 amide bonds. The average molecular weight is 299 g/mol. The Morgan fingerprint density at radius 3 is 2.80 bits per heavy atom. The summed E-state index contributed by atoms with van der Waals surface area (Å²) < 4.78 is 0. The highest BCUT2D eigenvalue weighted by atomic mass is 32.2. The minimum atomic E-state index is -0.806. The van der Waals surface area contributed by atoms with Gasteiger partial charge in [0.15, 0.2) is 0 Å². The van der Waals surface area contributed by atoms with Gasteiger partial charge in [0.1, 0.15) is 0 Å². The standard InChI is InChI=1S/C15H25NO3S/c1-15(2)5-3-4-11(9-15)14(19)16-6-7-20-10-12(16)8-13(17)18/h11-12H,3-10H2,1-2H3,(H,17,18). The van der Waals surface area contributed by atoms with E-state index in [0.717, 1.165) is 30.8 Å². The van der Waals surface area contributed by atoms with Gasteiger partial charge >= 0.3 is 5.97 Å². The van der Waals surface area contributed by atoms with Crippen LogP contribution in [0.2, 0.25) is 0 Å². The molecule has 2 rings (SSSR count). The van der Waals surface area contributed by atoms with Crippen LogP contribution in [0, 0.1) is 11.3 Å². The summed E-state index contributed by atoms with van der Waals surface area (Å²) >= 11 is 1.76. The molecule has 2 fully saturated rings. The number of amides is 1. The van der Waals surface area contributed by atoms with Crippen LogP contribution in [0.15, 0.2) is 0 Å². The van der Waals surface area contributed by atoms with Gasteiger partial charge in [0, 0.05) is 24.0 Å². The summed E-state index contributed by atoms with van der Waals surface area (Å²) in [7, 11) is 0. The van der Waals surface area contributed by atoms with E-state index in [1.165, 1.54) is 6.42 Å². The number of hydrogen-bond donors (Lipinski definition) is 1. The number of carboxylic acid groups (broad SMARTS) is 1. The van der Waals surface area contributed by atoms with Gasteiger partial charge in [0.05, 0.1) is 12.5 Å². The van der Waals surface area contributed by atoms with Crippen LogP contribution < -0.4 is 0 Å². The number of carbonyl (C=O) groups is 2. The SMILES string of the molecule is CC1(C)CCCC(C(=O)N2CCSCC2CC(=O)O)C1. The van der Waals surface area contributed by atoms with Crippen LogP contribution in [-0.4, -0.2) is 46.0 Å². The predicted octanol–water partition coefficient (Wildman–Crippen LogP) is 2.62. The first-order chi connectivity index (χ1) is 9.39. The average Bonchev–Trinajstić information content (AvgIpc) is 2.36. The van der Waals surface area contributed by atoms with E-state index >= 15 is 0 Å². The van der Waals surface area contributed by atoms with Crippen molar-refractivity contribution in [3.05, 3.63) is 0 Å². The Hall–Kier alpha value is -0.710. The molecule has 1 aliphatic heterocycles. The molecule has 2 aliphatic rings. The molecule has 1 N–H and O–H groups in total. The smallest absolute Gasteiger partial charge is 0.305 e. The number of hydrogen-bond acceptors (Lipinski definition) is 3. The number of nitrogens with zero attached hydrogens (tertiary/aromatic N) is 1. The van der Waals surface area contributed by atoms with E-state index < -0.39 is 5.97 Å². The Bertz CT molecular complexity index is 383. The van der Waals surface area contributed by atoms with Crippen LogP contribution in [0.5, 0.6) is 0 Å². The van der Waals surface area contributed by atoms with E-state index in [4.69, 9.17) is 5.11 Å². The third kappa shape index (κ3) is 3.90. The lowest BCUT2D eigenvalue weighted by atomic mass is 9.72. The highest BCUT2D eigenvalue weighted by Crippen LogP contribution is 2.39. The van der Waals surface area contributed by atoms with Gasteiger partial charge in [-0.15, -0.1) is 0 Å². The lowest BCUT2D eigenvalue weighted by Gasteiger charge is -2.41. The third-order valence-electron chi connectivity index (χ3n) is 4.48. The molecule has 0 aromatic heterocycles. The fourth-order valence-corrected chi connectivity index (χ4v) is 4.52. The van der Waals surface area contributed by atoms with Crippen molar-refractivity contribution in [2.75, 3.05) is 18.1 Å². The van der Waals surface area contributed by atoms with Gasteiger partial charge in [-0.1, -0.05) is 20.3 Å². The Kier molecular flexibility index (Phi) is 4.99. The molecule has 0 aromatic rings. The summed E-state index contributed by atoms with van der Waals surface area (Å²) in [4.78, 5) is 25.6. The maximum atomic E-state index is 12.8. The number of rotatable bonds is 3. The molecule has 2 unspecified atom stereocenters. The van der Waals surface area contributed by atoms with Crippen molar-refractivity contribution < 1.29 is 14.7 Å². The van der Waals surface area contributed by atoms with Crippen LogP contribution in [0.25, 0.3) is 0 Å². The van der Waals surface area contributed by atoms with Gasteiger partial charge in [0.25, 0.3) is 0 Å². The van der Waals surface area contributed by atoms with Crippen molar-refractivity contribution in [1.29, 1.82) is 0 Å². The lowest BCUT2D eigenvalue weighted by molar-refractivity contribution is -0.143. The van der Waals surface area contributed by atoms with E-state index in [2.05, 4.69) is 13.8 Å². The van der Waals surface area contributed by atoms with Crippen molar-refractivity contribution in [1.82, 2.24) is 4.90 Å². The summed E-state index contributed by atoms with van der Waals surface area (Å²) in [5.74, 6) is 1.17. The molecule has 1 saturated carbocycles. The zero-order valence-corrected chi connectivity index (χ0v) is 13.2. The van der Waals surface area contributed by atoms with E-state index in [9.17, 15) is 9.59 Å². The summed E-state index contributed by atoms with van der Waals surface area (Å²) in [5, 5.41) is 9.01. The van der Waals surface area contributed by atoms with Crippen LogP contribution in [-0.2, 0) is 9.59 Å². The zero-order valence-electron chi connectivity index (χ0n) is 12.4. The molecule has 20 heavy (non-hydrogen) atoms. The molecule has 114 valence electrons. The number of thioether (sulfide) groups is 1. The number of carbonyl (C=O) groups excluding carboxylic acids is 1. The second kappa shape index (κ2) is 6.37. The largest absolute Gasteiger partial charge is 0.481 e. The van der Waals surface area contributed by atoms with Gasteiger partial charge in [-0.2, -0.15) is 11.8 Å². The van der Waals surface area contributed by atoms with Crippen LogP contribution in [0.1, 0.15) is 46.0 Å². The highest BCUT2D eigenvalue weighted by Gasteiger charge is 2.37. The Morgan fingerprint density at radius 2 is 2.15 bits per heavy atom. The molecule has 1 heterocycles. The number of aliphatic carboxylic acids is 1. The fourth-order valence-electron chi connectivity index (χ4n) is 3.46. The summed E-state index contributed by atoms with van der Waals surface area (Å²) in [6.07, 6.45) is 4.27. The first-order valence-corrected chi connectivity index (χ1v) is 8.64. The summed E-state index contributed by atoms with van der Waals surface area (Å²) in [6.45, 7) is 5.17. The van der Waals surface area contributed by atoms with E-state index in [1.54, 1.807) is 11.8 Å². The van der Waals surface area contributed by atoms with Crippen molar-refractivity contribution in [2.24, 2.45) is 11.3 Å². The predicted molar refractivity (Wildman–Crippen MR) is 80.8 cm³/mol. The molecule has 5 heteroatoms. The lowest BCUT2D eigenvalue weighted by Crippen LogP contribution is -2.50. The monoisotopic (exact) mass is 299 g/mol. The third-order valence-corrected chi connectivity index (χ3v) is 5.57. The molecular weight excluding hydrogens is 274 g/mol. The maximum Gasteiger partial charge on any atom is 0.305 e. The topological polar surface area (TPSA) is 57.6 Å². The highest BCUT2D eigenvalue weighted by molar-refractivity contribution is 7.99. The molecule has 1 saturated heterocycles. The molecule has 0 spiro atoms. The molecule has 0 bridgehead atoms. The normalized spacial score (nSPS) is 30.0. The van der Waals surface area contributed by atoms with Gasteiger partial charge in [-0.25, -0.2) is 0 Å². The van der Waals surface area contributed by atoms with Gasteiger partial charge in [0.2, 0.25) is 5.91 Å². The van der Waals surface area contributed by atoms with Gasteiger partial charge < -0.3 is 10.0 Å².